The van der Waals surface area contributed by atoms with Crippen LogP contribution < -0.4 is 5.43 Å². The monoisotopic (exact) mass is 302 g/mol. The zero-order chi connectivity index (χ0) is 16.1. The quantitative estimate of drug-likeness (QED) is 0.398. The van der Waals surface area contributed by atoms with Gasteiger partial charge in [0.25, 0.3) is 5.91 Å². The summed E-state index contributed by atoms with van der Waals surface area (Å²) in [6, 6.07) is 0. The Kier molecular flexibility index (Phi) is 11.6. The normalized spacial score (nSPS) is 14.2. The molecule has 1 unspecified atom stereocenters. The first-order valence-electron chi connectivity index (χ1n) is 8.78. The number of hydrogen-bond acceptors (Lipinski definition) is 2. The minimum absolute atomic E-state index is 0.248. The van der Waals surface area contributed by atoms with Crippen molar-refractivity contribution in [2.45, 2.75) is 91.2 Å². The van der Waals surface area contributed by atoms with E-state index in [1.807, 2.05) is 5.01 Å². The fourth-order valence-corrected chi connectivity index (χ4v) is 2.27. The summed E-state index contributed by atoms with van der Waals surface area (Å²) in [5.74, 6) is -0.451. The first-order chi connectivity index (χ1) is 10.0. The average molecular weight is 302 g/mol. The van der Waals surface area contributed by atoms with Gasteiger partial charge in [0.2, 0.25) is 0 Å². The van der Waals surface area contributed by atoms with Crippen LogP contribution in [0.1, 0.15) is 85.5 Å². The van der Waals surface area contributed by atoms with Gasteiger partial charge in [-0.1, -0.05) is 53.4 Å². The Morgan fingerprint density at radius 2 is 1.48 bits per heavy atom. The number of hydrazine groups is 1. The highest BCUT2D eigenvalue weighted by atomic mass is 19.1. The molecule has 0 aromatic carbocycles. The average Bonchev–Trinajstić information content (AvgIpc) is 2.49. The molecule has 0 aliphatic heterocycles. The largest absolute Gasteiger partial charge is 0.286 e. The van der Waals surface area contributed by atoms with Crippen LogP contribution in [0.4, 0.5) is 4.39 Å². The van der Waals surface area contributed by atoms with E-state index in [-0.39, 0.29) is 6.42 Å². The summed E-state index contributed by atoms with van der Waals surface area (Å²) >= 11 is 0. The molecule has 0 rings (SSSR count). The van der Waals surface area contributed by atoms with Gasteiger partial charge in [-0.15, -0.1) is 0 Å². The smallest absolute Gasteiger partial charge is 0.271 e. The van der Waals surface area contributed by atoms with Gasteiger partial charge in [-0.05, 0) is 32.1 Å². The Labute approximate surface area is 130 Å². The molecular weight excluding hydrogens is 267 g/mol. The van der Waals surface area contributed by atoms with Crippen molar-refractivity contribution in [3.05, 3.63) is 0 Å². The number of nitrogens with zero attached hydrogens (tertiary/aromatic N) is 1. The second-order valence-electron chi connectivity index (χ2n) is 5.91. The second-order valence-corrected chi connectivity index (χ2v) is 5.91. The van der Waals surface area contributed by atoms with Gasteiger partial charge in [-0.2, -0.15) is 0 Å². The summed E-state index contributed by atoms with van der Waals surface area (Å²) in [7, 11) is 0. The van der Waals surface area contributed by atoms with Gasteiger partial charge in [-0.3, -0.25) is 10.2 Å². The van der Waals surface area contributed by atoms with Crippen molar-refractivity contribution in [2.75, 3.05) is 13.1 Å². The van der Waals surface area contributed by atoms with Crippen LogP contribution in [0.15, 0.2) is 0 Å². The Hall–Kier alpha value is -0.640. The molecule has 0 aromatic heterocycles. The Bertz CT molecular complexity index is 266. The summed E-state index contributed by atoms with van der Waals surface area (Å²) in [4.78, 5) is 12.3. The molecule has 0 spiro atoms. The van der Waals surface area contributed by atoms with E-state index in [4.69, 9.17) is 0 Å². The topological polar surface area (TPSA) is 32.3 Å². The van der Waals surface area contributed by atoms with Crippen molar-refractivity contribution in [2.24, 2.45) is 0 Å². The van der Waals surface area contributed by atoms with Crippen LogP contribution in [-0.4, -0.2) is 29.7 Å². The molecule has 4 heteroatoms. The molecule has 0 bridgehead atoms. The third-order valence-corrected chi connectivity index (χ3v) is 3.97. The first kappa shape index (κ1) is 20.4. The number of unbranched alkanes of at least 4 members (excludes halogenated alkanes) is 4. The number of hydrogen-bond donors (Lipinski definition) is 1. The van der Waals surface area contributed by atoms with E-state index in [0.717, 1.165) is 58.0 Å². The Morgan fingerprint density at radius 1 is 0.952 bits per heavy atom. The minimum Gasteiger partial charge on any atom is -0.286 e. The van der Waals surface area contributed by atoms with Crippen LogP contribution in [0.2, 0.25) is 0 Å². The number of alkyl halides is 1. The summed E-state index contributed by atoms with van der Waals surface area (Å²) in [6.07, 6.45) is 7.56. The molecule has 126 valence electrons. The van der Waals surface area contributed by atoms with E-state index < -0.39 is 11.6 Å². The third-order valence-electron chi connectivity index (χ3n) is 3.97. The van der Waals surface area contributed by atoms with Gasteiger partial charge in [0.05, 0.1) is 0 Å². The van der Waals surface area contributed by atoms with Crippen molar-refractivity contribution in [1.29, 1.82) is 0 Å². The molecule has 0 fully saturated rings. The van der Waals surface area contributed by atoms with E-state index in [0.29, 0.717) is 6.42 Å². The molecule has 0 saturated carbocycles. The maximum atomic E-state index is 14.8. The summed E-state index contributed by atoms with van der Waals surface area (Å²) in [5, 5.41) is 1.90. The van der Waals surface area contributed by atoms with Gasteiger partial charge in [0, 0.05) is 13.1 Å². The fourth-order valence-electron chi connectivity index (χ4n) is 2.27. The maximum absolute atomic E-state index is 14.8. The van der Waals surface area contributed by atoms with Crippen LogP contribution in [0, 0.1) is 0 Å². The highest BCUT2D eigenvalue weighted by Gasteiger charge is 2.36. The van der Waals surface area contributed by atoms with E-state index in [2.05, 4.69) is 26.2 Å². The molecule has 0 aliphatic carbocycles. The Balaban J connectivity index is 4.51. The summed E-state index contributed by atoms with van der Waals surface area (Å²) in [6.45, 7) is 9.69. The number of carbonyl (C=O) groups excluding carboxylic acids is 1. The zero-order valence-corrected chi connectivity index (χ0v) is 14.5. The molecule has 0 heterocycles. The van der Waals surface area contributed by atoms with Gasteiger partial charge in [-0.25, -0.2) is 9.40 Å². The number of amides is 1. The van der Waals surface area contributed by atoms with Gasteiger partial charge in [0.15, 0.2) is 5.67 Å². The predicted octanol–water partition coefficient (Wildman–Crippen LogP) is 4.62. The van der Waals surface area contributed by atoms with E-state index >= 15 is 0 Å². The highest BCUT2D eigenvalue weighted by Crippen LogP contribution is 2.24. The molecule has 21 heavy (non-hydrogen) atoms. The third kappa shape index (κ3) is 8.40. The van der Waals surface area contributed by atoms with E-state index in [9.17, 15) is 9.18 Å². The minimum atomic E-state index is -1.72. The number of rotatable bonds is 13. The molecule has 1 amide bonds. The van der Waals surface area contributed by atoms with Crippen LogP contribution in [0.25, 0.3) is 0 Å². The van der Waals surface area contributed by atoms with Crippen LogP contribution >= 0.6 is 0 Å². The number of halogens is 1. The van der Waals surface area contributed by atoms with Crippen LogP contribution in [-0.2, 0) is 4.79 Å². The molecule has 1 N–H and O–H groups in total. The lowest BCUT2D eigenvalue weighted by atomic mass is 9.94. The second kappa shape index (κ2) is 12.0. The fraction of sp³-hybridized carbons (Fsp3) is 0.941. The lowest BCUT2D eigenvalue weighted by Gasteiger charge is -2.29. The number of nitrogens with one attached hydrogen (secondary N) is 1. The van der Waals surface area contributed by atoms with Crippen LogP contribution in [0.5, 0.6) is 0 Å². The van der Waals surface area contributed by atoms with Crippen molar-refractivity contribution < 1.29 is 9.18 Å². The first-order valence-corrected chi connectivity index (χ1v) is 8.78. The molecular formula is C17H35FN2O. The molecule has 0 radical (unpaired) electrons. The van der Waals surface area contributed by atoms with Gasteiger partial charge in [0.1, 0.15) is 0 Å². The molecule has 3 nitrogen and oxygen atoms in total. The maximum Gasteiger partial charge on any atom is 0.271 e. The lowest BCUT2D eigenvalue weighted by Crippen LogP contribution is -2.51. The van der Waals surface area contributed by atoms with Crippen molar-refractivity contribution in [1.82, 2.24) is 10.4 Å². The SMILES string of the molecule is CCCCCC(F)(CC)C(=O)NN(CCCC)CCCC. The predicted molar refractivity (Wildman–Crippen MR) is 87.8 cm³/mol. The van der Waals surface area contributed by atoms with E-state index in [1.54, 1.807) is 6.92 Å². The summed E-state index contributed by atoms with van der Waals surface area (Å²) < 4.78 is 14.8. The zero-order valence-electron chi connectivity index (χ0n) is 14.5. The molecule has 0 saturated heterocycles. The molecule has 1 atom stereocenters. The Morgan fingerprint density at radius 3 is 1.90 bits per heavy atom. The van der Waals surface area contributed by atoms with Crippen molar-refractivity contribution in [3.8, 4) is 0 Å². The van der Waals surface area contributed by atoms with Crippen molar-refractivity contribution >= 4 is 5.91 Å². The summed E-state index contributed by atoms with van der Waals surface area (Å²) in [5.41, 5.74) is 1.11. The van der Waals surface area contributed by atoms with Gasteiger partial charge >= 0.3 is 0 Å². The van der Waals surface area contributed by atoms with E-state index in [1.165, 1.54) is 0 Å². The van der Waals surface area contributed by atoms with Gasteiger partial charge < -0.3 is 0 Å². The highest BCUT2D eigenvalue weighted by molar-refractivity contribution is 5.84. The lowest BCUT2D eigenvalue weighted by molar-refractivity contribution is -0.139. The standard InChI is InChI=1S/C17H35FN2O/c1-5-9-12-13-17(18,8-4)16(21)19-20(14-10-6-2)15-11-7-3/h5-15H2,1-4H3,(H,19,21). The van der Waals surface area contributed by atoms with Crippen LogP contribution in [0.3, 0.4) is 0 Å². The number of carbonyl (C=O) groups is 1. The van der Waals surface area contributed by atoms with Crippen molar-refractivity contribution in [3.63, 3.8) is 0 Å². The molecule has 0 aliphatic rings. The molecule has 0 aromatic rings.